The molecule has 4 saturated carbocycles. The van der Waals surface area contributed by atoms with Crippen LogP contribution in [-0.4, -0.2) is 42.6 Å². The van der Waals surface area contributed by atoms with Crippen LogP contribution >= 0.6 is 11.8 Å². The highest BCUT2D eigenvalue weighted by Gasteiger charge is 2.57. The maximum Gasteiger partial charge on any atom is 0.0385 e. The van der Waals surface area contributed by atoms with Crippen molar-refractivity contribution < 1.29 is 0 Å². The van der Waals surface area contributed by atoms with Crippen molar-refractivity contribution in [3.05, 3.63) is 0 Å². The average Bonchev–Trinajstić information content (AvgIpc) is 2.36. The standard InChI is InChI=1S/C15H28N2S/c1-17(3-4-18-2)15(10-16)13-6-11-5-12(8-13)9-14(15)7-11/h11-14H,3-10,16H2,1-2H3. The Hall–Kier alpha value is 0.270. The molecule has 4 bridgehead atoms. The largest absolute Gasteiger partial charge is 0.329 e. The van der Waals surface area contributed by atoms with Crippen LogP contribution in [0, 0.1) is 23.7 Å². The molecular weight excluding hydrogens is 240 g/mol. The molecule has 0 atom stereocenters. The minimum absolute atomic E-state index is 0.350. The van der Waals surface area contributed by atoms with Crippen LogP contribution in [0.2, 0.25) is 0 Å². The number of rotatable bonds is 5. The Labute approximate surface area is 116 Å². The maximum absolute atomic E-state index is 6.31. The van der Waals surface area contributed by atoms with E-state index in [9.17, 15) is 0 Å². The second-order valence-corrected chi connectivity index (χ2v) is 7.90. The smallest absolute Gasteiger partial charge is 0.0385 e. The van der Waals surface area contributed by atoms with Crippen LogP contribution < -0.4 is 5.73 Å². The first-order valence-electron chi connectivity index (χ1n) is 7.61. The molecule has 0 spiro atoms. The van der Waals surface area contributed by atoms with E-state index < -0.39 is 0 Å². The molecule has 0 saturated heterocycles. The van der Waals surface area contributed by atoms with Gasteiger partial charge in [-0.05, 0) is 69.1 Å². The summed E-state index contributed by atoms with van der Waals surface area (Å²) in [5.41, 5.74) is 6.66. The molecule has 0 aromatic carbocycles. The SMILES string of the molecule is CSCCN(C)C1(CN)C2CC3CC(C2)CC1C3. The molecule has 2 nitrogen and oxygen atoms in total. The lowest BCUT2D eigenvalue weighted by Gasteiger charge is -2.64. The minimum atomic E-state index is 0.350. The lowest BCUT2D eigenvalue weighted by molar-refractivity contribution is -0.121. The van der Waals surface area contributed by atoms with Gasteiger partial charge in [-0.3, -0.25) is 4.90 Å². The molecule has 4 fully saturated rings. The van der Waals surface area contributed by atoms with Crippen molar-refractivity contribution in [2.45, 2.75) is 37.6 Å². The van der Waals surface area contributed by atoms with Crippen LogP contribution in [0.3, 0.4) is 0 Å². The van der Waals surface area contributed by atoms with Gasteiger partial charge in [-0.2, -0.15) is 11.8 Å². The molecule has 0 aliphatic heterocycles. The number of nitrogens with two attached hydrogens (primary N) is 1. The van der Waals surface area contributed by atoms with E-state index in [4.69, 9.17) is 5.73 Å². The molecule has 18 heavy (non-hydrogen) atoms. The molecule has 0 amide bonds. The summed E-state index contributed by atoms with van der Waals surface area (Å²) < 4.78 is 0. The molecular formula is C15H28N2S. The molecule has 0 unspecified atom stereocenters. The Kier molecular flexibility index (Phi) is 3.68. The van der Waals surface area contributed by atoms with Gasteiger partial charge in [0, 0.05) is 24.4 Å². The summed E-state index contributed by atoms with van der Waals surface area (Å²) in [5, 5.41) is 0. The number of hydrogen-bond acceptors (Lipinski definition) is 3. The van der Waals surface area contributed by atoms with E-state index >= 15 is 0 Å². The Bertz CT molecular complexity index is 277. The molecule has 2 N–H and O–H groups in total. The van der Waals surface area contributed by atoms with E-state index in [0.717, 1.165) is 30.2 Å². The molecule has 104 valence electrons. The quantitative estimate of drug-likeness (QED) is 0.830. The van der Waals surface area contributed by atoms with Crippen LogP contribution in [0.15, 0.2) is 0 Å². The molecule has 4 aliphatic rings. The van der Waals surface area contributed by atoms with Gasteiger partial charge in [0.25, 0.3) is 0 Å². The van der Waals surface area contributed by atoms with Crippen molar-refractivity contribution in [3.63, 3.8) is 0 Å². The van der Waals surface area contributed by atoms with Crippen LogP contribution in [0.4, 0.5) is 0 Å². The van der Waals surface area contributed by atoms with Crippen molar-refractivity contribution in [1.29, 1.82) is 0 Å². The van der Waals surface area contributed by atoms with Gasteiger partial charge in [-0.25, -0.2) is 0 Å². The van der Waals surface area contributed by atoms with Crippen molar-refractivity contribution in [3.8, 4) is 0 Å². The van der Waals surface area contributed by atoms with Gasteiger partial charge in [0.2, 0.25) is 0 Å². The zero-order valence-corrected chi connectivity index (χ0v) is 12.7. The zero-order valence-electron chi connectivity index (χ0n) is 11.9. The highest BCUT2D eigenvalue weighted by molar-refractivity contribution is 7.98. The van der Waals surface area contributed by atoms with Crippen LogP contribution in [-0.2, 0) is 0 Å². The third-order valence-electron chi connectivity index (χ3n) is 6.22. The summed E-state index contributed by atoms with van der Waals surface area (Å²) >= 11 is 1.96. The summed E-state index contributed by atoms with van der Waals surface area (Å²) in [6.07, 6.45) is 9.60. The van der Waals surface area contributed by atoms with E-state index in [2.05, 4.69) is 18.2 Å². The van der Waals surface area contributed by atoms with Crippen LogP contribution in [0.25, 0.3) is 0 Å². The fourth-order valence-corrected chi connectivity index (χ4v) is 6.01. The predicted molar refractivity (Wildman–Crippen MR) is 79.8 cm³/mol. The maximum atomic E-state index is 6.31. The van der Waals surface area contributed by atoms with Gasteiger partial charge in [-0.1, -0.05) is 0 Å². The second kappa shape index (κ2) is 4.99. The van der Waals surface area contributed by atoms with Gasteiger partial charge in [0.1, 0.15) is 0 Å². The topological polar surface area (TPSA) is 29.3 Å². The third kappa shape index (κ3) is 1.85. The monoisotopic (exact) mass is 268 g/mol. The lowest BCUT2D eigenvalue weighted by atomic mass is 9.48. The Morgan fingerprint density at radius 3 is 2.11 bits per heavy atom. The van der Waals surface area contributed by atoms with E-state index in [-0.39, 0.29) is 0 Å². The van der Waals surface area contributed by atoms with Crippen LogP contribution in [0.5, 0.6) is 0 Å². The van der Waals surface area contributed by atoms with Crippen molar-refractivity contribution in [2.75, 3.05) is 32.1 Å². The molecule has 3 heteroatoms. The van der Waals surface area contributed by atoms with Gasteiger partial charge >= 0.3 is 0 Å². The van der Waals surface area contributed by atoms with Gasteiger partial charge < -0.3 is 5.73 Å². The van der Waals surface area contributed by atoms with Crippen molar-refractivity contribution >= 4 is 11.8 Å². The third-order valence-corrected chi connectivity index (χ3v) is 6.81. The molecule has 0 heterocycles. The second-order valence-electron chi connectivity index (χ2n) is 6.91. The summed E-state index contributed by atoms with van der Waals surface area (Å²) in [6.45, 7) is 2.09. The molecule has 4 rings (SSSR count). The van der Waals surface area contributed by atoms with Gasteiger partial charge in [-0.15, -0.1) is 0 Å². The van der Waals surface area contributed by atoms with Crippen molar-refractivity contribution in [1.82, 2.24) is 4.90 Å². The number of thioether (sulfide) groups is 1. The summed E-state index contributed by atoms with van der Waals surface area (Å²) in [7, 11) is 2.34. The minimum Gasteiger partial charge on any atom is -0.329 e. The van der Waals surface area contributed by atoms with E-state index in [0.29, 0.717) is 5.54 Å². The zero-order chi connectivity index (χ0) is 12.8. The van der Waals surface area contributed by atoms with Gasteiger partial charge in [0.05, 0.1) is 0 Å². The fraction of sp³-hybridized carbons (Fsp3) is 1.00. The van der Waals surface area contributed by atoms with E-state index in [1.165, 1.54) is 44.4 Å². The molecule has 0 aromatic heterocycles. The normalized spacial score (nSPS) is 46.0. The number of hydrogen-bond donors (Lipinski definition) is 1. The number of likely N-dealkylation sites (N-methyl/N-ethyl adjacent to an activating group) is 1. The number of nitrogens with zero attached hydrogens (tertiary/aromatic N) is 1. The summed E-state index contributed by atoms with van der Waals surface area (Å²) in [4.78, 5) is 2.65. The molecule has 0 aromatic rings. The first-order chi connectivity index (χ1) is 8.70. The Morgan fingerprint density at radius 2 is 1.67 bits per heavy atom. The van der Waals surface area contributed by atoms with Crippen LogP contribution in [0.1, 0.15) is 32.1 Å². The Balaban J connectivity index is 1.82. The molecule has 4 aliphatic carbocycles. The summed E-state index contributed by atoms with van der Waals surface area (Å²) in [6, 6.07) is 0. The first kappa shape index (κ1) is 13.3. The fourth-order valence-electron chi connectivity index (χ4n) is 5.55. The van der Waals surface area contributed by atoms with E-state index in [1.54, 1.807) is 0 Å². The van der Waals surface area contributed by atoms with Crippen molar-refractivity contribution in [2.24, 2.45) is 29.4 Å². The van der Waals surface area contributed by atoms with Gasteiger partial charge in [0.15, 0.2) is 0 Å². The molecule has 0 radical (unpaired) electrons. The van der Waals surface area contributed by atoms with E-state index in [1.807, 2.05) is 11.8 Å². The highest BCUT2D eigenvalue weighted by Crippen LogP contribution is 2.59. The lowest BCUT2D eigenvalue weighted by Crippen LogP contribution is -2.68. The first-order valence-corrected chi connectivity index (χ1v) is 9.00. The summed E-state index contributed by atoms with van der Waals surface area (Å²) in [5.74, 6) is 5.11. The highest BCUT2D eigenvalue weighted by atomic mass is 32.2. The average molecular weight is 268 g/mol. The Morgan fingerprint density at radius 1 is 1.11 bits per heavy atom. The predicted octanol–water partition coefficient (Wildman–Crippen LogP) is 2.43.